The zero-order valence-electron chi connectivity index (χ0n) is 10.7. The third-order valence-electron chi connectivity index (χ3n) is 3.15. The molecule has 1 aliphatic heterocycles. The first-order valence-electron chi connectivity index (χ1n) is 6.11. The van der Waals surface area contributed by atoms with Crippen molar-refractivity contribution in [2.75, 3.05) is 23.4 Å². The zero-order valence-corrected chi connectivity index (χ0v) is 11.5. The SMILES string of the molecule is Cc1cc(NCC2CCSC2)c(C(=O)O)c(C)n1. The Balaban J connectivity index is 2.16. The van der Waals surface area contributed by atoms with Gasteiger partial charge in [0, 0.05) is 12.2 Å². The van der Waals surface area contributed by atoms with Crippen LogP contribution in [0.3, 0.4) is 0 Å². The molecule has 0 bridgehead atoms. The highest BCUT2D eigenvalue weighted by Crippen LogP contribution is 2.25. The molecule has 2 N–H and O–H groups in total. The number of carboxylic acids is 1. The normalized spacial score (nSPS) is 18.9. The number of carboxylic acid groups (broad SMARTS) is 1. The summed E-state index contributed by atoms with van der Waals surface area (Å²) in [5.74, 6) is 2.11. The lowest BCUT2D eigenvalue weighted by atomic mass is 10.1. The van der Waals surface area contributed by atoms with E-state index >= 15 is 0 Å². The van der Waals surface area contributed by atoms with Crippen LogP contribution in [0.15, 0.2) is 6.07 Å². The summed E-state index contributed by atoms with van der Waals surface area (Å²) in [5, 5.41) is 12.5. The molecule has 2 rings (SSSR count). The van der Waals surface area contributed by atoms with Crippen LogP contribution >= 0.6 is 11.8 Å². The highest BCUT2D eigenvalue weighted by Gasteiger charge is 2.18. The van der Waals surface area contributed by atoms with Crippen molar-refractivity contribution in [3.8, 4) is 0 Å². The largest absolute Gasteiger partial charge is 0.478 e. The van der Waals surface area contributed by atoms with Crippen LogP contribution in [-0.2, 0) is 0 Å². The summed E-state index contributed by atoms with van der Waals surface area (Å²) in [5.41, 5.74) is 2.42. The molecule has 0 aliphatic carbocycles. The molecule has 0 spiro atoms. The number of nitrogens with one attached hydrogen (secondary N) is 1. The van der Waals surface area contributed by atoms with Crippen LogP contribution in [0.5, 0.6) is 0 Å². The summed E-state index contributed by atoms with van der Waals surface area (Å²) >= 11 is 1.97. The maximum atomic E-state index is 11.3. The van der Waals surface area contributed by atoms with Crippen molar-refractivity contribution >= 4 is 23.4 Å². The van der Waals surface area contributed by atoms with E-state index in [0.717, 1.165) is 12.2 Å². The Labute approximate surface area is 111 Å². The van der Waals surface area contributed by atoms with E-state index in [1.807, 2.05) is 24.8 Å². The summed E-state index contributed by atoms with van der Waals surface area (Å²) in [6, 6.07) is 1.82. The van der Waals surface area contributed by atoms with E-state index in [0.29, 0.717) is 22.9 Å². The van der Waals surface area contributed by atoms with Gasteiger partial charge in [-0.25, -0.2) is 4.79 Å². The number of aryl methyl sites for hydroxylation is 2. The van der Waals surface area contributed by atoms with Crippen LogP contribution in [0, 0.1) is 19.8 Å². The molecule has 0 amide bonds. The fourth-order valence-electron chi connectivity index (χ4n) is 2.24. The van der Waals surface area contributed by atoms with E-state index in [2.05, 4.69) is 10.3 Å². The van der Waals surface area contributed by atoms with E-state index in [9.17, 15) is 9.90 Å². The van der Waals surface area contributed by atoms with E-state index < -0.39 is 5.97 Å². The first-order valence-corrected chi connectivity index (χ1v) is 7.26. The number of anilines is 1. The highest BCUT2D eigenvalue weighted by molar-refractivity contribution is 7.99. The molecule has 1 atom stereocenters. The predicted octanol–water partition coefficient (Wildman–Crippen LogP) is 2.56. The van der Waals surface area contributed by atoms with Gasteiger partial charge in [0.2, 0.25) is 0 Å². The second-order valence-electron chi connectivity index (χ2n) is 4.69. The van der Waals surface area contributed by atoms with Gasteiger partial charge >= 0.3 is 5.97 Å². The van der Waals surface area contributed by atoms with Crippen molar-refractivity contribution in [3.63, 3.8) is 0 Å². The standard InChI is InChI=1S/C13H18N2O2S/c1-8-5-11(12(13(16)17)9(2)15-8)14-6-10-3-4-18-7-10/h5,10H,3-4,6-7H2,1-2H3,(H,14,15)(H,16,17). The summed E-state index contributed by atoms with van der Waals surface area (Å²) in [7, 11) is 0. The van der Waals surface area contributed by atoms with Gasteiger partial charge in [-0.05, 0) is 43.8 Å². The molecule has 18 heavy (non-hydrogen) atoms. The van der Waals surface area contributed by atoms with E-state index in [1.54, 1.807) is 6.92 Å². The molecular formula is C13H18N2O2S. The molecule has 0 radical (unpaired) electrons. The lowest BCUT2D eigenvalue weighted by molar-refractivity contribution is 0.0696. The number of hydrogen-bond donors (Lipinski definition) is 2. The minimum absolute atomic E-state index is 0.297. The number of carbonyl (C=O) groups is 1. The van der Waals surface area contributed by atoms with Crippen LogP contribution in [0.2, 0.25) is 0 Å². The van der Waals surface area contributed by atoms with Gasteiger partial charge in [0.15, 0.2) is 0 Å². The van der Waals surface area contributed by atoms with E-state index in [-0.39, 0.29) is 0 Å². The molecule has 1 unspecified atom stereocenters. The monoisotopic (exact) mass is 266 g/mol. The minimum Gasteiger partial charge on any atom is -0.478 e. The van der Waals surface area contributed by atoms with Crippen molar-refractivity contribution in [2.24, 2.45) is 5.92 Å². The molecular weight excluding hydrogens is 248 g/mol. The molecule has 2 heterocycles. The highest BCUT2D eigenvalue weighted by atomic mass is 32.2. The van der Waals surface area contributed by atoms with Crippen molar-refractivity contribution < 1.29 is 9.90 Å². The fourth-order valence-corrected chi connectivity index (χ4v) is 3.52. The van der Waals surface area contributed by atoms with Gasteiger partial charge in [0.1, 0.15) is 5.56 Å². The number of nitrogens with zero attached hydrogens (tertiary/aromatic N) is 1. The van der Waals surface area contributed by atoms with Crippen LogP contribution in [0.4, 0.5) is 5.69 Å². The third kappa shape index (κ3) is 2.96. The summed E-state index contributed by atoms with van der Waals surface area (Å²) < 4.78 is 0. The Morgan fingerprint density at radius 2 is 2.39 bits per heavy atom. The molecule has 1 aromatic heterocycles. The summed E-state index contributed by atoms with van der Waals surface area (Å²) in [6.45, 7) is 4.47. The van der Waals surface area contributed by atoms with Crippen LogP contribution in [0.1, 0.15) is 28.2 Å². The second kappa shape index (κ2) is 5.61. The van der Waals surface area contributed by atoms with Crippen molar-refractivity contribution in [1.82, 2.24) is 4.98 Å². The topological polar surface area (TPSA) is 62.2 Å². The van der Waals surface area contributed by atoms with Crippen LogP contribution in [-0.4, -0.2) is 34.1 Å². The number of aromatic nitrogens is 1. The first-order chi connectivity index (χ1) is 8.58. The Hall–Kier alpha value is -1.23. The van der Waals surface area contributed by atoms with E-state index in [4.69, 9.17) is 0 Å². The average molecular weight is 266 g/mol. The number of hydrogen-bond acceptors (Lipinski definition) is 4. The van der Waals surface area contributed by atoms with Crippen molar-refractivity contribution in [1.29, 1.82) is 0 Å². The Kier molecular flexibility index (Phi) is 4.11. The Morgan fingerprint density at radius 3 is 3.00 bits per heavy atom. The van der Waals surface area contributed by atoms with E-state index in [1.165, 1.54) is 17.9 Å². The molecule has 1 aliphatic rings. The van der Waals surface area contributed by atoms with Gasteiger partial charge in [-0.3, -0.25) is 4.98 Å². The maximum absolute atomic E-state index is 11.3. The molecule has 1 aromatic rings. The molecule has 0 saturated carbocycles. The Morgan fingerprint density at radius 1 is 1.61 bits per heavy atom. The third-order valence-corrected chi connectivity index (χ3v) is 4.38. The van der Waals surface area contributed by atoms with Gasteiger partial charge < -0.3 is 10.4 Å². The van der Waals surface area contributed by atoms with Crippen LogP contribution in [0.25, 0.3) is 0 Å². The lowest BCUT2D eigenvalue weighted by Gasteiger charge is -2.15. The molecule has 0 aromatic carbocycles. The number of aromatic carboxylic acids is 1. The fraction of sp³-hybridized carbons (Fsp3) is 0.538. The molecule has 1 fully saturated rings. The average Bonchev–Trinajstić information content (AvgIpc) is 2.77. The molecule has 5 heteroatoms. The molecule has 4 nitrogen and oxygen atoms in total. The van der Waals surface area contributed by atoms with Crippen molar-refractivity contribution in [3.05, 3.63) is 23.0 Å². The van der Waals surface area contributed by atoms with Gasteiger partial charge in [-0.15, -0.1) is 0 Å². The van der Waals surface area contributed by atoms with Gasteiger partial charge in [-0.2, -0.15) is 11.8 Å². The minimum atomic E-state index is -0.914. The lowest BCUT2D eigenvalue weighted by Crippen LogP contribution is -2.17. The molecule has 98 valence electrons. The first kappa shape index (κ1) is 13.2. The zero-order chi connectivity index (χ0) is 13.1. The smallest absolute Gasteiger partial charge is 0.339 e. The van der Waals surface area contributed by atoms with Crippen molar-refractivity contribution in [2.45, 2.75) is 20.3 Å². The van der Waals surface area contributed by atoms with Crippen LogP contribution < -0.4 is 5.32 Å². The van der Waals surface area contributed by atoms with Gasteiger partial charge in [0.25, 0.3) is 0 Å². The van der Waals surface area contributed by atoms with Gasteiger partial charge in [-0.1, -0.05) is 0 Å². The maximum Gasteiger partial charge on any atom is 0.339 e. The number of pyridine rings is 1. The summed E-state index contributed by atoms with van der Waals surface area (Å²) in [4.78, 5) is 15.5. The van der Waals surface area contributed by atoms with Gasteiger partial charge in [0.05, 0.1) is 11.4 Å². The number of rotatable bonds is 4. The predicted molar refractivity (Wildman–Crippen MR) is 74.6 cm³/mol. The molecule has 1 saturated heterocycles. The number of thioether (sulfide) groups is 1. The second-order valence-corrected chi connectivity index (χ2v) is 5.84. The Bertz CT molecular complexity index is 457. The quantitative estimate of drug-likeness (QED) is 0.877. The summed E-state index contributed by atoms with van der Waals surface area (Å²) in [6.07, 6.45) is 1.21.